The summed E-state index contributed by atoms with van der Waals surface area (Å²) in [7, 11) is 0. The van der Waals surface area contributed by atoms with E-state index in [4.69, 9.17) is 5.73 Å². The first kappa shape index (κ1) is 16.4. The quantitative estimate of drug-likeness (QED) is 0.721. The Morgan fingerprint density at radius 3 is 2.71 bits per heavy atom. The molecule has 0 saturated heterocycles. The molecule has 0 aliphatic carbocycles. The summed E-state index contributed by atoms with van der Waals surface area (Å²) < 4.78 is 0. The summed E-state index contributed by atoms with van der Waals surface area (Å²) in [5.41, 5.74) is 9.68. The third-order valence-corrected chi connectivity index (χ3v) is 4.78. The van der Waals surface area contributed by atoms with Gasteiger partial charge in [-0.2, -0.15) is 0 Å². The lowest BCUT2D eigenvalue weighted by Crippen LogP contribution is -2.14. The van der Waals surface area contributed by atoms with Crippen LogP contribution in [0.15, 0.2) is 60.2 Å². The molecule has 0 saturated carbocycles. The summed E-state index contributed by atoms with van der Waals surface area (Å²) in [6.07, 6.45) is 4.15. The van der Waals surface area contributed by atoms with Crippen molar-refractivity contribution in [2.24, 2.45) is 5.73 Å². The molecule has 122 valence electrons. The number of hydrogen-bond donors (Lipinski definition) is 2. The average Bonchev–Trinajstić information content (AvgIpc) is 3.16. The van der Waals surface area contributed by atoms with E-state index in [1.165, 1.54) is 0 Å². The molecule has 5 heteroatoms. The normalized spacial score (nSPS) is 11.9. The summed E-state index contributed by atoms with van der Waals surface area (Å²) in [6, 6.07) is 13.3. The van der Waals surface area contributed by atoms with Crippen LogP contribution in [0, 0.1) is 0 Å². The molecule has 0 radical (unpaired) electrons. The van der Waals surface area contributed by atoms with Gasteiger partial charge in [0.25, 0.3) is 5.91 Å². The van der Waals surface area contributed by atoms with Crippen molar-refractivity contribution in [2.45, 2.75) is 19.4 Å². The summed E-state index contributed by atoms with van der Waals surface area (Å²) in [4.78, 5) is 17.6. The Labute approximate surface area is 145 Å². The van der Waals surface area contributed by atoms with Gasteiger partial charge in [0, 0.05) is 34.6 Å². The highest BCUT2D eigenvalue weighted by atomic mass is 32.1. The lowest BCUT2D eigenvalue weighted by molar-refractivity contribution is 0.102. The molecule has 2 aromatic heterocycles. The van der Waals surface area contributed by atoms with E-state index < -0.39 is 0 Å². The molecule has 1 amide bonds. The largest absolute Gasteiger partial charge is 0.324 e. The number of carbonyl (C=O) groups excluding carboxylic acids is 1. The van der Waals surface area contributed by atoms with E-state index >= 15 is 0 Å². The van der Waals surface area contributed by atoms with Gasteiger partial charge in [0.1, 0.15) is 0 Å². The minimum Gasteiger partial charge on any atom is -0.324 e. The minimum atomic E-state index is -0.143. The first-order valence-electron chi connectivity index (χ1n) is 7.84. The number of thiophene rings is 1. The molecular weight excluding hydrogens is 318 g/mol. The van der Waals surface area contributed by atoms with Crippen molar-refractivity contribution >= 4 is 22.9 Å². The predicted molar refractivity (Wildman–Crippen MR) is 99.2 cm³/mol. The van der Waals surface area contributed by atoms with E-state index in [2.05, 4.69) is 23.3 Å². The van der Waals surface area contributed by atoms with E-state index in [1.54, 1.807) is 35.9 Å². The average molecular weight is 337 g/mol. The van der Waals surface area contributed by atoms with Gasteiger partial charge in [-0.15, -0.1) is 11.3 Å². The second-order valence-corrected chi connectivity index (χ2v) is 6.43. The fourth-order valence-corrected chi connectivity index (χ4v) is 3.29. The van der Waals surface area contributed by atoms with Crippen LogP contribution in [0.4, 0.5) is 5.69 Å². The van der Waals surface area contributed by atoms with Crippen molar-refractivity contribution in [3.63, 3.8) is 0 Å². The number of carbonyl (C=O) groups is 1. The summed E-state index contributed by atoms with van der Waals surface area (Å²) in [6.45, 7) is 2.06. The Morgan fingerprint density at radius 1 is 1.25 bits per heavy atom. The van der Waals surface area contributed by atoms with Crippen LogP contribution in [0.1, 0.15) is 35.3 Å². The zero-order valence-corrected chi connectivity index (χ0v) is 14.2. The first-order chi connectivity index (χ1) is 11.7. The van der Waals surface area contributed by atoms with Gasteiger partial charge in [0.15, 0.2) is 0 Å². The number of amides is 1. The molecule has 3 N–H and O–H groups in total. The fraction of sp³-hybridized carbons (Fsp3) is 0.158. The molecule has 0 bridgehead atoms. The molecule has 24 heavy (non-hydrogen) atoms. The smallest absolute Gasteiger partial charge is 0.255 e. The zero-order valence-electron chi connectivity index (χ0n) is 13.4. The second-order valence-electron chi connectivity index (χ2n) is 5.48. The fourth-order valence-electron chi connectivity index (χ4n) is 2.52. The molecule has 3 aromatic rings. The van der Waals surface area contributed by atoms with Gasteiger partial charge in [0.05, 0.1) is 0 Å². The zero-order chi connectivity index (χ0) is 16.9. The van der Waals surface area contributed by atoms with Crippen LogP contribution in [0.5, 0.6) is 0 Å². The predicted octanol–water partition coefficient (Wildman–Crippen LogP) is 4.47. The lowest BCUT2D eigenvalue weighted by Gasteiger charge is -2.16. The molecule has 0 aliphatic heterocycles. The first-order valence-corrected chi connectivity index (χ1v) is 8.71. The van der Waals surface area contributed by atoms with Crippen molar-refractivity contribution < 1.29 is 4.79 Å². The number of nitrogens with zero attached hydrogens (tertiary/aromatic N) is 1. The van der Waals surface area contributed by atoms with Crippen molar-refractivity contribution in [1.29, 1.82) is 0 Å². The summed E-state index contributed by atoms with van der Waals surface area (Å²) >= 11 is 1.65. The van der Waals surface area contributed by atoms with Crippen molar-refractivity contribution in [3.05, 3.63) is 71.4 Å². The Morgan fingerprint density at radius 2 is 2.04 bits per heavy atom. The molecule has 0 unspecified atom stereocenters. The van der Waals surface area contributed by atoms with E-state index in [0.717, 1.165) is 28.1 Å². The molecule has 3 rings (SSSR count). The van der Waals surface area contributed by atoms with E-state index in [-0.39, 0.29) is 11.9 Å². The highest BCUT2D eigenvalue weighted by Gasteiger charge is 2.15. The molecule has 4 nitrogen and oxygen atoms in total. The third kappa shape index (κ3) is 3.53. The Balaban J connectivity index is 1.95. The number of benzene rings is 1. The molecule has 0 fully saturated rings. The van der Waals surface area contributed by atoms with Gasteiger partial charge in [-0.3, -0.25) is 9.78 Å². The SMILES string of the molecule is CC[C@@H](N)c1ccc(C(=O)Nc2ccncc2)cc1-c1cccs1. The van der Waals surface area contributed by atoms with E-state index in [0.29, 0.717) is 5.56 Å². The van der Waals surface area contributed by atoms with Gasteiger partial charge >= 0.3 is 0 Å². The van der Waals surface area contributed by atoms with Crippen LogP contribution >= 0.6 is 11.3 Å². The number of pyridine rings is 1. The lowest BCUT2D eigenvalue weighted by atomic mass is 9.95. The molecule has 0 aliphatic rings. The van der Waals surface area contributed by atoms with Gasteiger partial charge < -0.3 is 11.1 Å². The van der Waals surface area contributed by atoms with Crippen molar-refractivity contribution in [2.75, 3.05) is 5.32 Å². The van der Waals surface area contributed by atoms with Crippen LogP contribution < -0.4 is 11.1 Å². The van der Waals surface area contributed by atoms with Gasteiger partial charge in [0.2, 0.25) is 0 Å². The van der Waals surface area contributed by atoms with Gasteiger partial charge in [-0.1, -0.05) is 19.1 Å². The van der Waals surface area contributed by atoms with Crippen LogP contribution in [0.3, 0.4) is 0 Å². The number of nitrogens with one attached hydrogen (secondary N) is 1. The highest BCUT2D eigenvalue weighted by Crippen LogP contribution is 2.33. The van der Waals surface area contributed by atoms with Crippen molar-refractivity contribution in [1.82, 2.24) is 4.98 Å². The van der Waals surface area contributed by atoms with Gasteiger partial charge in [-0.25, -0.2) is 0 Å². The van der Waals surface area contributed by atoms with Crippen molar-refractivity contribution in [3.8, 4) is 10.4 Å². The minimum absolute atomic E-state index is 0.0422. The number of anilines is 1. The maximum Gasteiger partial charge on any atom is 0.255 e. The van der Waals surface area contributed by atoms with E-state index in [9.17, 15) is 4.79 Å². The van der Waals surface area contributed by atoms with E-state index in [1.807, 2.05) is 29.6 Å². The topological polar surface area (TPSA) is 68.0 Å². The standard InChI is InChI=1S/C19H19N3OS/c1-2-17(20)15-6-5-13(12-16(15)18-4-3-11-24-18)19(23)22-14-7-9-21-10-8-14/h3-12,17H,2,20H2,1H3,(H,21,22,23)/t17-/m1/s1. The molecule has 1 atom stereocenters. The van der Waals surface area contributed by atoms with Crippen LogP contribution in [0.2, 0.25) is 0 Å². The maximum atomic E-state index is 12.5. The number of rotatable bonds is 5. The van der Waals surface area contributed by atoms with Crippen LogP contribution in [-0.4, -0.2) is 10.9 Å². The Hall–Kier alpha value is -2.50. The monoisotopic (exact) mass is 337 g/mol. The maximum absolute atomic E-state index is 12.5. The molecule has 0 spiro atoms. The number of hydrogen-bond acceptors (Lipinski definition) is 4. The Kier molecular flexibility index (Phi) is 5.03. The molecule has 2 heterocycles. The third-order valence-electron chi connectivity index (χ3n) is 3.88. The Bertz CT molecular complexity index is 816. The number of aromatic nitrogens is 1. The highest BCUT2D eigenvalue weighted by molar-refractivity contribution is 7.13. The molecular formula is C19H19N3OS. The van der Waals surface area contributed by atoms with Crippen LogP contribution in [-0.2, 0) is 0 Å². The second kappa shape index (κ2) is 7.38. The van der Waals surface area contributed by atoms with Crippen LogP contribution in [0.25, 0.3) is 10.4 Å². The van der Waals surface area contributed by atoms with Gasteiger partial charge in [-0.05, 0) is 53.3 Å². The molecule has 1 aromatic carbocycles. The summed E-state index contributed by atoms with van der Waals surface area (Å²) in [5.74, 6) is -0.143. The number of nitrogens with two attached hydrogens (primary N) is 1. The summed E-state index contributed by atoms with van der Waals surface area (Å²) in [5, 5.41) is 4.91.